The molecule has 15 heavy (non-hydrogen) atoms. The van der Waals surface area contributed by atoms with Gasteiger partial charge in [-0.05, 0) is 17.7 Å². The molecule has 0 aliphatic carbocycles. The number of hydrogen-bond donors (Lipinski definition) is 0. The van der Waals surface area contributed by atoms with Crippen LogP contribution in [0.25, 0.3) is 10.4 Å². The van der Waals surface area contributed by atoms with Crippen molar-refractivity contribution in [1.82, 2.24) is 0 Å². The van der Waals surface area contributed by atoms with Gasteiger partial charge in [0.05, 0.1) is 16.3 Å². The Morgan fingerprint density at radius 2 is 2.00 bits per heavy atom. The summed E-state index contributed by atoms with van der Waals surface area (Å²) in [5.74, 6) is 0. The fraction of sp³-hybridized carbons (Fsp3) is 0.143. The molecule has 0 bridgehead atoms. The maximum Gasteiger partial charge on any atom is 0.417 e. The van der Waals surface area contributed by atoms with Gasteiger partial charge in [-0.3, -0.25) is 0 Å². The molecule has 3 nitrogen and oxygen atoms in total. The molecule has 1 aromatic rings. The van der Waals surface area contributed by atoms with E-state index in [2.05, 4.69) is 26.0 Å². The van der Waals surface area contributed by atoms with Crippen LogP contribution in [0, 0.1) is 0 Å². The van der Waals surface area contributed by atoms with Crippen LogP contribution in [0.15, 0.2) is 21.7 Å². The third kappa shape index (κ3) is 2.77. The molecule has 1 aromatic carbocycles. The Bertz CT molecular complexity index is 440. The normalized spacial score (nSPS) is 11.0. The van der Waals surface area contributed by atoms with Gasteiger partial charge < -0.3 is 0 Å². The summed E-state index contributed by atoms with van der Waals surface area (Å²) in [5.41, 5.74) is 6.92. The molecule has 0 spiro atoms. The van der Waals surface area contributed by atoms with E-state index in [4.69, 9.17) is 17.1 Å². The SMILES string of the molecule is [N-]=[N+]=Nc1cc(C(F)(F)F)c(Br)cc1Cl. The number of alkyl halides is 3. The zero-order chi connectivity index (χ0) is 11.6. The summed E-state index contributed by atoms with van der Waals surface area (Å²) in [7, 11) is 0. The second-order valence-electron chi connectivity index (χ2n) is 2.47. The zero-order valence-electron chi connectivity index (χ0n) is 6.89. The van der Waals surface area contributed by atoms with Gasteiger partial charge in [-0.2, -0.15) is 13.2 Å². The van der Waals surface area contributed by atoms with Crippen molar-refractivity contribution in [2.75, 3.05) is 0 Å². The molecule has 0 heterocycles. The van der Waals surface area contributed by atoms with E-state index in [1.165, 1.54) is 0 Å². The lowest BCUT2D eigenvalue weighted by Gasteiger charge is -2.10. The lowest BCUT2D eigenvalue weighted by Crippen LogP contribution is -2.05. The zero-order valence-corrected chi connectivity index (χ0v) is 9.23. The average Bonchev–Trinajstić information content (AvgIpc) is 2.07. The van der Waals surface area contributed by atoms with Gasteiger partial charge in [-0.15, -0.1) is 0 Å². The fourth-order valence-corrected chi connectivity index (χ4v) is 1.78. The van der Waals surface area contributed by atoms with Crippen LogP contribution in [0.2, 0.25) is 5.02 Å². The Balaban J connectivity index is 3.42. The predicted molar refractivity (Wildman–Crippen MR) is 53.0 cm³/mol. The van der Waals surface area contributed by atoms with Gasteiger partial charge in [-0.25, -0.2) is 0 Å². The average molecular weight is 300 g/mol. The third-order valence-electron chi connectivity index (χ3n) is 1.49. The van der Waals surface area contributed by atoms with Crippen LogP contribution in [-0.2, 0) is 6.18 Å². The molecule has 0 amide bonds. The molecule has 0 atom stereocenters. The quantitative estimate of drug-likeness (QED) is 0.395. The van der Waals surface area contributed by atoms with Crippen LogP contribution in [0.5, 0.6) is 0 Å². The summed E-state index contributed by atoms with van der Waals surface area (Å²) < 4.78 is 37.0. The second kappa shape index (κ2) is 4.30. The third-order valence-corrected chi connectivity index (χ3v) is 2.45. The van der Waals surface area contributed by atoms with Crippen molar-refractivity contribution in [3.63, 3.8) is 0 Å². The molecule has 0 aliphatic heterocycles. The van der Waals surface area contributed by atoms with Gasteiger partial charge in [-0.1, -0.05) is 32.6 Å². The number of benzene rings is 1. The first-order valence-electron chi connectivity index (χ1n) is 3.47. The summed E-state index contributed by atoms with van der Waals surface area (Å²) in [6.45, 7) is 0. The van der Waals surface area contributed by atoms with E-state index in [1.807, 2.05) is 0 Å². The largest absolute Gasteiger partial charge is 0.417 e. The van der Waals surface area contributed by atoms with E-state index >= 15 is 0 Å². The molecule has 0 saturated heterocycles. The van der Waals surface area contributed by atoms with E-state index in [1.54, 1.807) is 0 Å². The number of hydrogen-bond acceptors (Lipinski definition) is 1. The molecular formula is C7H2BrClF3N3. The summed E-state index contributed by atoms with van der Waals surface area (Å²) in [4.78, 5) is 2.38. The van der Waals surface area contributed by atoms with Gasteiger partial charge in [0.15, 0.2) is 0 Å². The van der Waals surface area contributed by atoms with E-state index in [-0.39, 0.29) is 15.2 Å². The Morgan fingerprint density at radius 1 is 1.40 bits per heavy atom. The lowest BCUT2D eigenvalue weighted by molar-refractivity contribution is -0.138. The van der Waals surface area contributed by atoms with Crippen molar-refractivity contribution in [2.24, 2.45) is 5.11 Å². The number of rotatable bonds is 1. The lowest BCUT2D eigenvalue weighted by atomic mass is 10.2. The summed E-state index contributed by atoms with van der Waals surface area (Å²) in [5, 5.41) is 3.00. The van der Waals surface area contributed by atoms with E-state index in [0.717, 1.165) is 6.07 Å². The van der Waals surface area contributed by atoms with Gasteiger partial charge in [0.1, 0.15) is 0 Å². The Morgan fingerprint density at radius 3 is 2.47 bits per heavy atom. The minimum Gasteiger partial charge on any atom is -0.166 e. The molecular weight excluding hydrogens is 298 g/mol. The molecule has 0 N–H and O–H groups in total. The summed E-state index contributed by atoms with van der Waals surface area (Å²) in [6, 6.07) is 1.72. The Hall–Kier alpha value is -0.910. The molecule has 8 heteroatoms. The molecule has 0 aliphatic rings. The van der Waals surface area contributed by atoms with Gasteiger partial charge in [0, 0.05) is 9.38 Å². The number of azide groups is 1. The van der Waals surface area contributed by atoms with Crippen molar-refractivity contribution < 1.29 is 13.2 Å². The summed E-state index contributed by atoms with van der Waals surface area (Å²) >= 11 is 8.30. The Labute approximate surface area is 95.6 Å². The highest BCUT2D eigenvalue weighted by Crippen LogP contribution is 2.40. The minimum absolute atomic E-state index is 0.0484. The fourth-order valence-electron chi connectivity index (χ4n) is 0.880. The maximum atomic E-state index is 12.4. The van der Waals surface area contributed by atoms with Crippen LogP contribution in [0.4, 0.5) is 18.9 Å². The van der Waals surface area contributed by atoms with Crippen molar-refractivity contribution in [2.45, 2.75) is 6.18 Å². The van der Waals surface area contributed by atoms with Crippen molar-refractivity contribution >= 4 is 33.2 Å². The second-order valence-corrected chi connectivity index (χ2v) is 3.73. The van der Waals surface area contributed by atoms with Gasteiger partial charge in [0.25, 0.3) is 0 Å². The summed E-state index contributed by atoms with van der Waals surface area (Å²) in [6.07, 6.45) is -4.52. The molecule has 0 unspecified atom stereocenters. The number of halogens is 5. The van der Waals surface area contributed by atoms with E-state index in [0.29, 0.717) is 6.07 Å². The van der Waals surface area contributed by atoms with E-state index in [9.17, 15) is 13.2 Å². The molecule has 0 aromatic heterocycles. The molecule has 0 radical (unpaired) electrons. The number of nitrogens with zero attached hydrogens (tertiary/aromatic N) is 3. The van der Waals surface area contributed by atoms with E-state index < -0.39 is 11.7 Å². The van der Waals surface area contributed by atoms with Crippen LogP contribution in [-0.4, -0.2) is 0 Å². The van der Waals surface area contributed by atoms with Gasteiger partial charge in [0.2, 0.25) is 0 Å². The molecule has 0 fully saturated rings. The minimum atomic E-state index is -4.52. The predicted octanol–water partition coefficient (Wildman–Crippen LogP) is 5.06. The molecule has 80 valence electrons. The van der Waals surface area contributed by atoms with Crippen molar-refractivity contribution in [3.05, 3.63) is 37.6 Å². The van der Waals surface area contributed by atoms with Crippen LogP contribution >= 0.6 is 27.5 Å². The van der Waals surface area contributed by atoms with Crippen molar-refractivity contribution in [3.8, 4) is 0 Å². The maximum absolute atomic E-state index is 12.4. The van der Waals surface area contributed by atoms with Crippen LogP contribution in [0.3, 0.4) is 0 Å². The monoisotopic (exact) mass is 299 g/mol. The highest BCUT2D eigenvalue weighted by atomic mass is 79.9. The van der Waals surface area contributed by atoms with Gasteiger partial charge >= 0.3 is 6.18 Å². The smallest absolute Gasteiger partial charge is 0.166 e. The molecule has 0 saturated carbocycles. The van der Waals surface area contributed by atoms with Crippen molar-refractivity contribution in [1.29, 1.82) is 0 Å². The highest BCUT2D eigenvalue weighted by Gasteiger charge is 2.33. The Kier molecular flexibility index (Phi) is 3.49. The van der Waals surface area contributed by atoms with Crippen LogP contribution < -0.4 is 0 Å². The topological polar surface area (TPSA) is 48.8 Å². The first-order valence-corrected chi connectivity index (χ1v) is 4.64. The first kappa shape index (κ1) is 12.2. The molecule has 1 rings (SSSR count). The standard InChI is InChI=1S/C7H2BrClF3N3/c8-4-2-5(9)6(14-15-13)1-3(4)7(10,11)12/h1-2H. The van der Waals surface area contributed by atoms with Crippen LogP contribution in [0.1, 0.15) is 5.56 Å². The highest BCUT2D eigenvalue weighted by molar-refractivity contribution is 9.10. The first-order chi connectivity index (χ1) is 6.86.